The van der Waals surface area contributed by atoms with Crippen molar-refractivity contribution >= 4 is 11.4 Å². The summed E-state index contributed by atoms with van der Waals surface area (Å²) in [5.74, 6) is 0.641. The van der Waals surface area contributed by atoms with E-state index < -0.39 is 0 Å². The van der Waals surface area contributed by atoms with Gasteiger partial charge in [0.2, 0.25) is 0 Å². The van der Waals surface area contributed by atoms with Crippen molar-refractivity contribution in [1.82, 2.24) is 4.90 Å². The maximum Gasteiger partial charge on any atom is 0.0605 e. The summed E-state index contributed by atoms with van der Waals surface area (Å²) in [6.07, 6.45) is 10.7. The van der Waals surface area contributed by atoms with Crippen molar-refractivity contribution in [3.8, 4) is 0 Å². The van der Waals surface area contributed by atoms with Crippen LogP contribution in [0.1, 0.15) is 97.5 Å². The molecule has 3 aliphatic rings. The number of nitrogens with zero attached hydrogens (tertiary/aromatic N) is 3. The fourth-order valence-corrected chi connectivity index (χ4v) is 7.57. The number of benzene rings is 1. The molecule has 0 bridgehead atoms. The van der Waals surface area contributed by atoms with Crippen molar-refractivity contribution in [3.05, 3.63) is 23.8 Å². The molecule has 1 aromatic rings. The number of rotatable bonds is 8. The van der Waals surface area contributed by atoms with Crippen molar-refractivity contribution in [2.45, 2.75) is 98.0 Å². The highest BCUT2D eigenvalue weighted by atomic mass is 16.5. The molecule has 4 rings (SSSR count). The van der Waals surface area contributed by atoms with Crippen LogP contribution in [0.3, 0.4) is 0 Å². The van der Waals surface area contributed by atoms with E-state index in [-0.39, 0.29) is 0 Å². The zero-order valence-corrected chi connectivity index (χ0v) is 23.7. The molecule has 0 N–H and O–H groups in total. The molecule has 0 spiro atoms. The van der Waals surface area contributed by atoms with Gasteiger partial charge < -0.3 is 14.5 Å². The van der Waals surface area contributed by atoms with Gasteiger partial charge >= 0.3 is 0 Å². The summed E-state index contributed by atoms with van der Waals surface area (Å²) < 4.78 is 5.64. The zero-order valence-electron chi connectivity index (χ0n) is 23.7. The lowest BCUT2D eigenvalue weighted by molar-refractivity contribution is 0.0819. The lowest BCUT2D eigenvalue weighted by Crippen LogP contribution is -2.47. The summed E-state index contributed by atoms with van der Waals surface area (Å²) in [5.41, 5.74) is 5.37. The van der Waals surface area contributed by atoms with Crippen LogP contribution in [0.5, 0.6) is 0 Å². The van der Waals surface area contributed by atoms with Gasteiger partial charge in [-0.3, -0.25) is 4.90 Å². The van der Waals surface area contributed by atoms with E-state index in [1.807, 2.05) is 7.11 Å². The van der Waals surface area contributed by atoms with E-state index in [1.165, 1.54) is 69.5 Å². The van der Waals surface area contributed by atoms with E-state index in [9.17, 15) is 0 Å². The molecule has 0 amide bonds. The molecule has 1 saturated carbocycles. The number of piperidine rings is 1. The summed E-state index contributed by atoms with van der Waals surface area (Å²) in [5, 5.41) is 0. The Morgan fingerprint density at radius 3 is 2.11 bits per heavy atom. The van der Waals surface area contributed by atoms with Crippen LogP contribution < -0.4 is 9.80 Å². The second-order valence-electron chi connectivity index (χ2n) is 13.3. The van der Waals surface area contributed by atoms with E-state index >= 15 is 0 Å². The fourth-order valence-electron chi connectivity index (χ4n) is 7.57. The Bertz CT molecular complexity index is 787. The highest BCUT2D eigenvalue weighted by Gasteiger charge is 2.40. The quantitative estimate of drug-likeness (QED) is 0.373. The number of ether oxygens (including phenoxy) is 1. The number of unbranched alkanes of at least 4 members (excludes halogenated alkanes) is 2. The Balaban J connectivity index is 1.56. The predicted molar refractivity (Wildman–Crippen MR) is 151 cm³/mol. The number of anilines is 2. The Hall–Kier alpha value is -1.26. The van der Waals surface area contributed by atoms with E-state index in [0.717, 1.165) is 39.0 Å². The van der Waals surface area contributed by atoms with Crippen LogP contribution in [0.2, 0.25) is 0 Å². The van der Waals surface area contributed by atoms with Gasteiger partial charge in [0, 0.05) is 57.8 Å². The summed E-state index contributed by atoms with van der Waals surface area (Å²) in [6.45, 7) is 20.5. The van der Waals surface area contributed by atoms with Crippen LogP contribution >= 0.6 is 0 Å². The minimum atomic E-state index is 0.397. The Labute approximate surface area is 216 Å². The van der Waals surface area contributed by atoms with Gasteiger partial charge in [0.15, 0.2) is 0 Å². The Morgan fingerprint density at radius 2 is 1.51 bits per heavy atom. The number of methoxy groups -OCH3 is 1. The molecule has 0 radical (unpaired) electrons. The van der Waals surface area contributed by atoms with E-state index in [4.69, 9.17) is 4.74 Å². The molecule has 3 fully saturated rings. The van der Waals surface area contributed by atoms with E-state index in [2.05, 4.69) is 67.5 Å². The minimum absolute atomic E-state index is 0.397. The standard InChI is InChI=1S/C31H53N3O/c1-7-8-9-14-32-17-19-34(20-18-32)29-11-10-26(33-15-12-27(35-6)13-16-33)21-28(29)25-22-30(2,3)24-31(4,5)23-25/h10-11,21,25,27H,7-9,12-20,22-24H2,1-6H3. The van der Waals surface area contributed by atoms with Gasteiger partial charge in [-0.25, -0.2) is 0 Å². The van der Waals surface area contributed by atoms with Crippen LogP contribution in [0.4, 0.5) is 11.4 Å². The fraction of sp³-hybridized carbons (Fsp3) is 0.806. The molecular formula is C31H53N3O. The molecular weight excluding hydrogens is 430 g/mol. The topological polar surface area (TPSA) is 19.0 Å². The van der Waals surface area contributed by atoms with Gasteiger partial charge in [-0.05, 0) is 85.6 Å². The minimum Gasteiger partial charge on any atom is -0.381 e. The number of hydrogen-bond donors (Lipinski definition) is 0. The van der Waals surface area contributed by atoms with Crippen LogP contribution in [-0.2, 0) is 4.74 Å². The summed E-state index contributed by atoms with van der Waals surface area (Å²) in [7, 11) is 1.86. The SMILES string of the molecule is CCCCCN1CCN(c2ccc(N3CCC(OC)CC3)cc2C2CC(C)(C)CC(C)(C)C2)CC1. The number of piperazine rings is 1. The Kier molecular flexibility index (Phi) is 8.74. The van der Waals surface area contributed by atoms with Gasteiger partial charge in [0.05, 0.1) is 6.10 Å². The smallest absolute Gasteiger partial charge is 0.0605 e. The predicted octanol–water partition coefficient (Wildman–Crippen LogP) is 6.93. The molecule has 4 nitrogen and oxygen atoms in total. The molecule has 4 heteroatoms. The maximum atomic E-state index is 5.64. The first-order chi connectivity index (χ1) is 16.7. The van der Waals surface area contributed by atoms with Gasteiger partial charge in [0.1, 0.15) is 0 Å². The monoisotopic (exact) mass is 483 g/mol. The van der Waals surface area contributed by atoms with Crippen molar-refractivity contribution < 1.29 is 4.74 Å². The van der Waals surface area contributed by atoms with Gasteiger partial charge in [0.25, 0.3) is 0 Å². The third-order valence-corrected chi connectivity index (χ3v) is 8.94. The van der Waals surface area contributed by atoms with Gasteiger partial charge in [-0.1, -0.05) is 47.5 Å². The van der Waals surface area contributed by atoms with Gasteiger partial charge in [-0.15, -0.1) is 0 Å². The maximum absolute atomic E-state index is 5.64. The van der Waals surface area contributed by atoms with E-state index in [0.29, 0.717) is 22.9 Å². The summed E-state index contributed by atoms with van der Waals surface area (Å²) >= 11 is 0. The molecule has 0 atom stereocenters. The largest absolute Gasteiger partial charge is 0.381 e. The zero-order chi connectivity index (χ0) is 25.1. The average Bonchev–Trinajstić information content (AvgIpc) is 2.82. The van der Waals surface area contributed by atoms with Crippen molar-refractivity contribution in [2.75, 3.05) is 62.7 Å². The van der Waals surface area contributed by atoms with Crippen LogP contribution in [0.15, 0.2) is 18.2 Å². The lowest BCUT2D eigenvalue weighted by atomic mass is 9.60. The van der Waals surface area contributed by atoms with Crippen molar-refractivity contribution in [1.29, 1.82) is 0 Å². The summed E-state index contributed by atoms with van der Waals surface area (Å²) in [4.78, 5) is 8.00. The third-order valence-electron chi connectivity index (χ3n) is 8.94. The Morgan fingerprint density at radius 1 is 0.857 bits per heavy atom. The van der Waals surface area contributed by atoms with E-state index in [1.54, 1.807) is 5.56 Å². The first-order valence-electron chi connectivity index (χ1n) is 14.6. The highest BCUT2D eigenvalue weighted by molar-refractivity contribution is 5.64. The first kappa shape index (κ1) is 26.8. The third kappa shape index (κ3) is 6.95. The average molecular weight is 484 g/mol. The first-order valence-corrected chi connectivity index (χ1v) is 14.6. The molecule has 0 unspecified atom stereocenters. The molecule has 0 aromatic heterocycles. The molecule has 2 saturated heterocycles. The normalized spacial score (nSPS) is 24.2. The number of hydrogen-bond acceptors (Lipinski definition) is 4. The van der Waals surface area contributed by atoms with Crippen LogP contribution in [0, 0.1) is 10.8 Å². The second-order valence-corrected chi connectivity index (χ2v) is 13.3. The highest BCUT2D eigenvalue weighted by Crippen LogP contribution is 2.53. The second kappa shape index (κ2) is 11.4. The summed E-state index contributed by atoms with van der Waals surface area (Å²) in [6, 6.07) is 7.49. The van der Waals surface area contributed by atoms with Crippen LogP contribution in [0.25, 0.3) is 0 Å². The molecule has 2 heterocycles. The molecule has 35 heavy (non-hydrogen) atoms. The van der Waals surface area contributed by atoms with Crippen molar-refractivity contribution in [3.63, 3.8) is 0 Å². The van der Waals surface area contributed by atoms with Gasteiger partial charge in [-0.2, -0.15) is 0 Å². The molecule has 2 aliphatic heterocycles. The molecule has 1 aliphatic carbocycles. The van der Waals surface area contributed by atoms with Crippen LogP contribution in [-0.4, -0.2) is 63.9 Å². The molecule has 198 valence electrons. The molecule has 1 aromatic carbocycles. The van der Waals surface area contributed by atoms with Crippen molar-refractivity contribution in [2.24, 2.45) is 10.8 Å². The lowest BCUT2D eigenvalue weighted by Gasteiger charge is -2.46.